The van der Waals surface area contributed by atoms with Crippen LogP contribution in [0.3, 0.4) is 0 Å². The molecule has 1 atom stereocenters. The fourth-order valence-corrected chi connectivity index (χ4v) is 4.83. The quantitative estimate of drug-likeness (QED) is 0.478. The van der Waals surface area contributed by atoms with Crippen molar-refractivity contribution in [2.24, 2.45) is 0 Å². The van der Waals surface area contributed by atoms with E-state index in [2.05, 4.69) is 33.7 Å². The average Bonchev–Trinajstić information content (AvgIpc) is 3.15. The van der Waals surface area contributed by atoms with Crippen molar-refractivity contribution >= 4 is 22.8 Å². The second-order valence-electron chi connectivity index (χ2n) is 9.32. The molecule has 1 saturated heterocycles. The molecule has 0 radical (unpaired) electrons. The number of rotatable bonds is 8. The van der Waals surface area contributed by atoms with E-state index < -0.39 is 6.10 Å². The minimum absolute atomic E-state index is 0.00232. The van der Waals surface area contributed by atoms with Gasteiger partial charge in [0, 0.05) is 55.1 Å². The largest absolute Gasteiger partial charge is 0.491 e. The van der Waals surface area contributed by atoms with Crippen LogP contribution in [0.1, 0.15) is 35.5 Å². The molecule has 0 saturated carbocycles. The molecule has 2 aromatic carbocycles. The summed E-state index contributed by atoms with van der Waals surface area (Å²) < 4.78 is 13.1. The summed E-state index contributed by atoms with van der Waals surface area (Å²) in [5, 5.41) is 11.4. The molecule has 0 aliphatic carbocycles. The molecule has 8 heteroatoms. The number of β-amino-alcohol motifs (C(OH)–C–C–N with tert-alkyl or cyclic N) is 1. The summed E-state index contributed by atoms with van der Waals surface area (Å²) in [5.41, 5.74) is 4.68. The van der Waals surface area contributed by atoms with Gasteiger partial charge in [0.15, 0.2) is 5.78 Å². The fraction of sp³-hybridized carbons (Fsp3) is 0.429. The Morgan fingerprint density at radius 1 is 1.03 bits per heavy atom. The molecule has 1 aliphatic heterocycles. The number of ketones is 1. The van der Waals surface area contributed by atoms with Crippen LogP contribution in [-0.2, 0) is 4.74 Å². The van der Waals surface area contributed by atoms with Crippen molar-refractivity contribution < 1.29 is 24.2 Å². The van der Waals surface area contributed by atoms with Gasteiger partial charge in [0.05, 0.1) is 12.1 Å². The monoisotopic (exact) mass is 493 g/mol. The molecular weight excluding hydrogens is 458 g/mol. The molecule has 0 bridgehead atoms. The average molecular weight is 494 g/mol. The van der Waals surface area contributed by atoms with Gasteiger partial charge in [0.1, 0.15) is 18.5 Å². The Morgan fingerprint density at radius 2 is 1.72 bits per heavy atom. The maximum atomic E-state index is 12.5. The summed E-state index contributed by atoms with van der Waals surface area (Å²) >= 11 is 0. The van der Waals surface area contributed by atoms with Gasteiger partial charge in [-0.05, 0) is 58.0 Å². The topological polar surface area (TPSA) is 84.2 Å². The summed E-state index contributed by atoms with van der Waals surface area (Å²) in [6.07, 6.45) is -0.964. The highest BCUT2D eigenvalue weighted by atomic mass is 16.6. The minimum Gasteiger partial charge on any atom is -0.491 e. The normalized spacial score (nSPS) is 15.2. The highest BCUT2D eigenvalue weighted by molar-refractivity contribution is 6.09. The first-order valence-corrected chi connectivity index (χ1v) is 12.5. The molecule has 1 aromatic heterocycles. The molecule has 1 aliphatic rings. The number of ether oxygens (including phenoxy) is 2. The van der Waals surface area contributed by atoms with Gasteiger partial charge in [-0.2, -0.15) is 0 Å². The number of aliphatic hydroxyl groups is 1. The number of amides is 1. The predicted octanol–water partition coefficient (Wildman–Crippen LogP) is 3.96. The van der Waals surface area contributed by atoms with Gasteiger partial charge in [0.2, 0.25) is 0 Å². The number of Topliss-reactive ketones (excluding diaryl/α,β-unsaturated/α-hetero) is 1. The Labute approximate surface area is 212 Å². The number of carbonyl (C=O) groups is 2. The first-order chi connectivity index (χ1) is 17.3. The number of carbonyl (C=O) groups excluding carboxylic acids is 2. The van der Waals surface area contributed by atoms with Gasteiger partial charge in [-0.15, -0.1) is 0 Å². The van der Waals surface area contributed by atoms with Crippen molar-refractivity contribution in [3.8, 4) is 11.4 Å². The molecule has 1 amide bonds. The van der Waals surface area contributed by atoms with E-state index in [4.69, 9.17) is 9.47 Å². The van der Waals surface area contributed by atoms with E-state index in [1.807, 2.05) is 32.0 Å². The SMILES string of the molecule is CCOC(=O)N1CCN(C[C@@H](O)COc2ccc3c(c2)c(C(C)=O)c(C)n3-c2ccc(C)cc2)CC1. The van der Waals surface area contributed by atoms with Gasteiger partial charge in [-0.25, -0.2) is 4.79 Å². The van der Waals surface area contributed by atoms with Crippen molar-refractivity contribution in [1.82, 2.24) is 14.4 Å². The van der Waals surface area contributed by atoms with E-state index in [0.717, 1.165) is 22.3 Å². The number of benzene rings is 2. The number of fused-ring (bicyclic) bond motifs is 1. The van der Waals surface area contributed by atoms with Gasteiger partial charge in [-0.3, -0.25) is 9.69 Å². The number of hydrogen-bond donors (Lipinski definition) is 1. The standard InChI is InChI=1S/C28H35N3O5/c1-5-35-28(34)30-14-12-29(13-15-30)17-23(33)18-36-24-10-11-26-25(16-24)27(21(4)32)20(3)31(26)22-8-6-19(2)7-9-22/h6-11,16,23,33H,5,12-15,17-18H2,1-4H3/t23-/m1/s1. The van der Waals surface area contributed by atoms with Crippen LogP contribution in [0.4, 0.5) is 4.79 Å². The first kappa shape index (κ1) is 25.7. The number of aromatic nitrogens is 1. The van der Waals surface area contributed by atoms with Crippen LogP contribution in [0.15, 0.2) is 42.5 Å². The third-order valence-corrected chi connectivity index (χ3v) is 6.63. The fourth-order valence-electron chi connectivity index (χ4n) is 4.83. The zero-order chi connectivity index (χ0) is 25.8. The Morgan fingerprint density at radius 3 is 2.36 bits per heavy atom. The number of hydrogen-bond acceptors (Lipinski definition) is 6. The molecule has 0 spiro atoms. The second kappa shape index (κ2) is 11.1. The van der Waals surface area contributed by atoms with Crippen molar-refractivity contribution in [2.45, 2.75) is 33.8 Å². The van der Waals surface area contributed by atoms with Crippen LogP contribution >= 0.6 is 0 Å². The Kier molecular flexibility index (Phi) is 7.96. The van der Waals surface area contributed by atoms with Gasteiger partial charge in [0.25, 0.3) is 0 Å². The highest BCUT2D eigenvalue weighted by Gasteiger charge is 2.24. The van der Waals surface area contributed by atoms with Gasteiger partial charge in [-0.1, -0.05) is 17.7 Å². The molecule has 0 unspecified atom stereocenters. The molecular formula is C28H35N3O5. The molecule has 3 aromatic rings. The number of aliphatic hydroxyl groups excluding tert-OH is 1. The van der Waals surface area contributed by atoms with E-state index in [9.17, 15) is 14.7 Å². The van der Waals surface area contributed by atoms with E-state index in [0.29, 0.717) is 50.6 Å². The lowest BCUT2D eigenvalue weighted by atomic mass is 10.1. The Balaban J connectivity index is 1.43. The van der Waals surface area contributed by atoms with Crippen LogP contribution in [0.25, 0.3) is 16.6 Å². The minimum atomic E-state index is -0.680. The van der Waals surface area contributed by atoms with Gasteiger partial charge < -0.3 is 24.0 Å². The summed E-state index contributed by atoms with van der Waals surface area (Å²) in [7, 11) is 0. The molecule has 36 heavy (non-hydrogen) atoms. The molecule has 2 heterocycles. The Hall–Kier alpha value is -3.36. The maximum Gasteiger partial charge on any atom is 0.409 e. The molecule has 4 rings (SSSR count). The van der Waals surface area contributed by atoms with Crippen LogP contribution < -0.4 is 4.74 Å². The molecule has 8 nitrogen and oxygen atoms in total. The first-order valence-electron chi connectivity index (χ1n) is 12.5. The van der Waals surface area contributed by atoms with Crippen LogP contribution in [-0.4, -0.2) is 83.4 Å². The summed E-state index contributed by atoms with van der Waals surface area (Å²) in [4.78, 5) is 28.2. The second-order valence-corrected chi connectivity index (χ2v) is 9.32. The van der Waals surface area contributed by atoms with Crippen molar-refractivity contribution in [1.29, 1.82) is 0 Å². The summed E-state index contributed by atoms with van der Waals surface area (Å²) in [5.74, 6) is 0.611. The lowest BCUT2D eigenvalue weighted by Crippen LogP contribution is -2.51. The molecule has 1 N–H and O–H groups in total. The molecule has 1 fully saturated rings. The van der Waals surface area contributed by atoms with Crippen LogP contribution in [0.2, 0.25) is 0 Å². The smallest absolute Gasteiger partial charge is 0.409 e. The van der Waals surface area contributed by atoms with Crippen molar-refractivity contribution in [3.63, 3.8) is 0 Å². The van der Waals surface area contributed by atoms with Crippen LogP contribution in [0.5, 0.6) is 5.75 Å². The summed E-state index contributed by atoms with van der Waals surface area (Å²) in [6, 6.07) is 14.0. The third kappa shape index (κ3) is 5.55. The maximum absolute atomic E-state index is 12.5. The Bertz CT molecular complexity index is 1230. The predicted molar refractivity (Wildman–Crippen MR) is 139 cm³/mol. The lowest BCUT2D eigenvalue weighted by molar-refractivity contribution is 0.0408. The van der Waals surface area contributed by atoms with E-state index >= 15 is 0 Å². The zero-order valence-corrected chi connectivity index (χ0v) is 21.5. The van der Waals surface area contributed by atoms with Crippen molar-refractivity contribution in [2.75, 3.05) is 45.9 Å². The van der Waals surface area contributed by atoms with Crippen LogP contribution in [0, 0.1) is 13.8 Å². The van der Waals surface area contributed by atoms with E-state index in [-0.39, 0.29) is 18.5 Å². The number of piperazine rings is 1. The number of nitrogens with zero attached hydrogens (tertiary/aromatic N) is 3. The number of aryl methyl sites for hydroxylation is 1. The van der Waals surface area contributed by atoms with Crippen molar-refractivity contribution in [3.05, 3.63) is 59.3 Å². The zero-order valence-electron chi connectivity index (χ0n) is 21.5. The highest BCUT2D eigenvalue weighted by Crippen LogP contribution is 2.32. The van der Waals surface area contributed by atoms with E-state index in [1.54, 1.807) is 18.7 Å². The van der Waals surface area contributed by atoms with E-state index in [1.165, 1.54) is 5.56 Å². The van der Waals surface area contributed by atoms with Gasteiger partial charge >= 0.3 is 6.09 Å². The summed E-state index contributed by atoms with van der Waals surface area (Å²) in [6.45, 7) is 10.9. The molecule has 192 valence electrons. The lowest BCUT2D eigenvalue weighted by Gasteiger charge is -2.34. The third-order valence-electron chi connectivity index (χ3n) is 6.63.